The van der Waals surface area contributed by atoms with Crippen molar-refractivity contribution in [1.82, 2.24) is 4.31 Å². The molecule has 0 saturated carbocycles. The molecule has 1 aromatic carbocycles. The highest BCUT2D eigenvalue weighted by atomic mass is 79.9. The molecule has 0 N–H and O–H groups in total. The molecule has 0 unspecified atom stereocenters. The highest BCUT2D eigenvalue weighted by molar-refractivity contribution is 9.10. The Morgan fingerprint density at radius 1 is 1.27 bits per heavy atom. The zero-order chi connectivity index (χ0) is 10.9. The van der Waals surface area contributed by atoms with Gasteiger partial charge in [-0.1, -0.05) is 15.9 Å². The van der Waals surface area contributed by atoms with Gasteiger partial charge in [0, 0.05) is 11.0 Å². The average molecular weight is 292 g/mol. The van der Waals surface area contributed by atoms with Crippen LogP contribution in [-0.4, -0.2) is 32.6 Å². The minimum atomic E-state index is -3.37. The lowest BCUT2D eigenvalue weighted by molar-refractivity contribution is 0.172. The van der Waals surface area contributed by atoms with Crippen LogP contribution in [0.4, 0.5) is 0 Å². The van der Waals surface area contributed by atoms with Crippen molar-refractivity contribution >= 4 is 26.0 Å². The molecule has 2 rings (SSSR count). The predicted octanol–water partition coefficient (Wildman–Crippen LogP) is 1.43. The van der Waals surface area contributed by atoms with Crippen molar-refractivity contribution in [2.24, 2.45) is 0 Å². The van der Waals surface area contributed by atoms with E-state index in [1.54, 1.807) is 24.3 Å². The molecule has 15 heavy (non-hydrogen) atoms. The van der Waals surface area contributed by atoms with E-state index in [0.29, 0.717) is 18.0 Å². The van der Waals surface area contributed by atoms with Crippen molar-refractivity contribution in [3.8, 4) is 0 Å². The van der Waals surface area contributed by atoms with E-state index in [2.05, 4.69) is 15.9 Å². The number of benzene rings is 1. The lowest BCUT2D eigenvalue weighted by atomic mass is 10.4. The van der Waals surface area contributed by atoms with E-state index in [1.165, 1.54) is 4.31 Å². The molecule has 0 spiro atoms. The number of hydrogen-bond acceptors (Lipinski definition) is 3. The summed E-state index contributed by atoms with van der Waals surface area (Å²) in [5.74, 6) is 0. The lowest BCUT2D eigenvalue weighted by Gasteiger charge is -2.13. The third-order valence-electron chi connectivity index (χ3n) is 2.17. The average Bonchev–Trinajstić information content (AvgIpc) is 2.71. The molecule has 1 heterocycles. The molecule has 1 aromatic rings. The first kappa shape index (κ1) is 11.1. The summed E-state index contributed by atoms with van der Waals surface area (Å²) in [6.45, 7) is 1.05. The van der Waals surface area contributed by atoms with Crippen LogP contribution in [0.2, 0.25) is 0 Å². The van der Waals surface area contributed by atoms with Crippen molar-refractivity contribution < 1.29 is 13.2 Å². The molecular weight excluding hydrogens is 282 g/mol. The van der Waals surface area contributed by atoms with E-state index in [1.807, 2.05) is 0 Å². The minimum absolute atomic E-state index is 0.151. The van der Waals surface area contributed by atoms with Crippen molar-refractivity contribution in [3.05, 3.63) is 28.7 Å². The highest BCUT2D eigenvalue weighted by Gasteiger charge is 2.27. The normalized spacial score (nSPS) is 18.2. The van der Waals surface area contributed by atoms with E-state index in [-0.39, 0.29) is 6.73 Å². The van der Waals surface area contributed by atoms with Gasteiger partial charge in [-0.15, -0.1) is 0 Å². The summed E-state index contributed by atoms with van der Waals surface area (Å²) in [7, 11) is -3.37. The topological polar surface area (TPSA) is 46.6 Å². The summed E-state index contributed by atoms with van der Waals surface area (Å²) < 4.78 is 31.2. The predicted molar refractivity (Wildman–Crippen MR) is 58.9 cm³/mol. The van der Waals surface area contributed by atoms with E-state index in [4.69, 9.17) is 4.74 Å². The number of sulfonamides is 1. The number of nitrogens with zero attached hydrogens (tertiary/aromatic N) is 1. The van der Waals surface area contributed by atoms with E-state index >= 15 is 0 Å². The molecule has 1 aliphatic rings. The summed E-state index contributed by atoms with van der Waals surface area (Å²) in [5, 5.41) is 0. The maximum Gasteiger partial charge on any atom is 0.245 e. The van der Waals surface area contributed by atoms with Gasteiger partial charge in [0.25, 0.3) is 0 Å². The van der Waals surface area contributed by atoms with Crippen LogP contribution in [0, 0.1) is 0 Å². The Labute approximate surface area is 97.0 Å². The van der Waals surface area contributed by atoms with Crippen LogP contribution in [0.5, 0.6) is 0 Å². The molecule has 0 radical (unpaired) electrons. The molecule has 0 aliphatic carbocycles. The summed E-state index contributed by atoms with van der Waals surface area (Å²) in [6, 6.07) is 6.59. The number of rotatable bonds is 2. The number of ether oxygens (including phenoxy) is 1. The van der Waals surface area contributed by atoms with Gasteiger partial charge in [0.05, 0.1) is 11.5 Å². The number of halogens is 1. The van der Waals surface area contributed by atoms with Gasteiger partial charge in [-0.3, -0.25) is 0 Å². The van der Waals surface area contributed by atoms with Gasteiger partial charge in [-0.25, -0.2) is 8.42 Å². The van der Waals surface area contributed by atoms with Gasteiger partial charge >= 0.3 is 0 Å². The molecule has 82 valence electrons. The second kappa shape index (κ2) is 4.21. The van der Waals surface area contributed by atoms with Crippen LogP contribution >= 0.6 is 15.9 Å². The Morgan fingerprint density at radius 2 is 1.93 bits per heavy atom. The van der Waals surface area contributed by atoms with Gasteiger partial charge in [0.1, 0.15) is 6.73 Å². The fourth-order valence-electron chi connectivity index (χ4n) is 1.34. The molecule has 0 atom stereocenters. The summed E-state index contributed by atoms with van der Waals surface area (Å²) >= 11 is 3.26. The molecule has 1 aliphatic heterocycles. The minimum Gasteiger partial charge on any atom is -0.364 e. The largest absolute Gasteiger partial charge is 0.364 e. The number of hydrogen-bond donors (Lipinski definition) is 0. The Morgan fingerprint density at radius 3 is 2.47 bits per heavy atom. The molecular formula is C9H10BrNO3S. The van der Waals surface area contributed by atoms with Crippen LogP contribution in [0.1, 0.15) is 0 Å². The van der Waals surface area contributed by atoms with Crippen LogP contribution in [0.25, 0.3) is 0 Å². The lowest BCUT2D eigenvalue weighted by Crippen LogP contribution is -2.28. The molecule has 0 aromatic heterocycles. The van der Waals surface area contributed by atoms with Crippen molar-refractivity contribution in [1.29, 1.82) is 0 Å². The van der Waals surface area contributed by atoms with Crippen LogP contribution in [0.15, 0.2) is 33.6 Å². The fourth-order valence-corrected chi connectivity index (χ4v) is 2.91. The quantitative estimate of drug-likeness (QED) is 0.828. The first-order valence-electron chi connectivity index (χ1n) is 4.44. The first-order valence-corrected chi connectivity index (χ1v) is 6.67. The van der Waals surface area contributed by atoms with Crippen LogP contribution < -0.4 is 0 Å². The zero-order valence-corrected chi connectivity index (χ0v) is 10.3. The molecule has 1 saturated heterocycles. The standard InChI is InChI=1S/C9H10BrNO3S/c10-8-1-3-9(4-2-8)15(12,13)11-5-6-14-7-11/h1-4H,5-7H2. The van der Waals surface area contributed by atoms with Crippen molar-refractivity contribution in [2.75, 3.05) is 19.9 Å². The summed E-state index contributed by atoms with van der Waals surface area (Å²) in [5.41, 5.74) is 0. The monoisotopic (exact) mass is 291 g/mol. The van der Waals surface area contributed by atoms with Gasteiger partial charge < -0.3 is 4.74 Å². The molecule has 6 heteroatoms. The third kappa shape index (κ3) is 2.23. The Kier molecular flexibility index (Phi) is 3.11. The molecule has 1 fully saturated rings. The highest BCUT2D eigenvalue weighted by Crippen LogP contribution is 2.20. The van der Waals surface area contributed by atoms with Crippen molar-refractivity contribution in [3.63, 3.8) is 0 Å². The SMILES string of the molecule is O=S(=O)(c1ccc(Br)cc1)N1CCOC1. The molecule has 4 nitrogen and oxygen atoms in total. The van der Waals surface area contributed by atoms with Gasteiger partial charge in [0.15, 0.2) is 0 Å². The first-order chi connectivity index (χ1) is 7.10. The molecule has 0 bridgehead atoms. The smallest absolute Gasteiger partial charge is 0.245 e. The third-order valence-corrected chi connectivity index (χ3v) is 4.54. The summed E-state index contributed by atoms with van der Waals surface area (Å²) in [4.78, 5) is 0.302. The maximum absolute atomic E-state index is 12.0. The Balaban J connectivity index is 2.32. The van der Waals surface area contributed by atoms with Crippen LogP contribution in [0.3, 0.4) is 0 Å². The van der Waals surface area contributed by atoms with Gasteiger partial charge in [-0.05, 0) is 24.3 Å². The van der Waals surface area contributed by atoms with Gasteiger partial charge in [0.2, 0.25) is 10.0 Å². The van der Waals surface area contributed by atoms with E-state index < -0.39 is 10.0 Å². The second-order valence-corrected chi connectivity index (χ2v) is 6.03. The maximum atomic E-state index is 12.0. The molecule has 0 amide bonds. The van der Waals surface area contributed by atoms with E-state index in [9.17, 15) is 8.42 Å². The Bertz CT molecular complexity index is 437. The van der Waals surface area contributed by atoms with Crippen LogP contribution in [-0.2, 0) is 14.8 Å². The van der Waals surface area contributed by atoms with Crippen molar-refractivity contribution in [2.45, 2.75) is 4.90 Å². The summed E-state index contributed by atoms with van der Waals surface area (Å²) in [6.07, 6.45) is 0. The second-order valence-electron chi connectivity index (χ2n) is 3.17. The zero-order valence-electron chi connectivity index (χ0n) is 7.89. The fraction of sp³-hybridized carbons (Fsp3) is 0.333. The Hall–Kier alpha value is -0.430. The van der Waals surface area contributed by atoms with E-state index in [0.717, 1.165) is 4.47 Å². The van der Waals surface area contributed by atoms with Gasteiger partial charge in [-0.2, -0.15) is 4.31 Å².